The molecule has 1 unspecified atom stereocenters. The SMILES string of the molecule is CCC(C)Nc1nc2ccc([N+](=O)[O-])cc2[nH]1. The molecule has 2 rings (SSSR count). The molecule has 2 aromatic rings. The van der Waals surface area contributed by atoms with Crippen LogP contribution in [0.1, 0.15) is 20.3 Å². The summed E-state index contributed by atoms with van der Waals surface area (Å²) < 4.78 is 0. The molecule has 1 atom stereocenters. The minimum absolute atomic E-state index is 0.0660. The maximum atomic E-state index is 10.6. The van der Waals surface area contributed by atoms with E-state index in [1.54, 1.807) is 6.07 Å². The minimum Gasteiger partial charge on any atom is -0.353 e. The van der Waals surface area contributed by atoms with Gasteiger partial charge in [-0.1, -0.05) is 6.92 Å². The van der Waals surface area contributed by atoms with Crippen molar-refractivity contribution in [3.8, 4) is 0 Å². The Kier molecular flexibility index (Phi) is 2.95. The Balaban J connectivity index is 2.33. The van der Waals surface area contributed by atoms with Crippen LogP contribution in [0, 0.1) is 10.1 Å². The van der Waals surface area contributed by atoms with Crippen LogP contribution in [0.2, 0.25) is 0 Å². The molecule has 0 fully saturated rings. The molecule has 0 amide bonds. The molecule has 1 aromatic heterocycles. The number of benzene rings is 1. The predicted octanol–water partition coefficient (Wildman–Crippen LogP) is 2.68. The molecule has 0 aliphatic heterocycles. The normalized spacial score (nSPS) is 12.6. The van der Waals surface area contributed by atoms with Gasteiger partial charge >= 0.3 is 0 Å². The zero-order valence-corrected chi connectivity index (χ0v) is 9.73. The number of aromatic amines is 1. The van der Waals surface area contributed by atoms with Gasteiger partial charge < -0.3 is 10.3 Å². The summed E-state index contributed by atoms with van der Waals surface area (Å²) in [5, 5.41) is 13.8. The summed E-state index contributed by atoms with van der Waals surface area (Å²) in [6.07, 6.45) is 0.983. The maximum Gasteiger partial charge on any atom is 0.271 e. The fourth-order valence-electron chi connectivity index (χ4n) is 1.51. The second-order valence-electron chi connectivity index (χ2n) is 4.00. The zero-order chi connectivity index (χ0) is 12.4. The van der Waals surface area contributed by atoms with Crippen molar-refractivity contribution in [2.24, 2.45) is 0 Å². The van der Waals surface area contributed by atoms with Gasteiger partial charge in [-0.05, 0) is 19.4 Å². The van der Waals surface area contributed by atoms with Crippen molar-refractivity contribution in [3.63, 3.8) is 0 Å². The summed E-state index contributed by atoms with van der Waals surface area (Å²) >= 11 is 0. The van der Waals surface area contributed by atoms with E-state index in [1.807, 2.05) is 0 Å². The van der Waals surface area contributed by atoms with Crippen LogP contribution in [0.4, 0.5) is 11.6 Å². The van der Waals surface area contributed by atoms with Crippen molar-refractivity contribution in [2.45, 2.75) is 26.3 Å². The summed E-state index contributed by atoms with van der Waals surface area (Å²) in [4.78, 5) is 17.6. The Hall–Kier alpha value is -2.11. The van der Waals surface area contributed by atoms with Crippen molar-refractivity contribution in [1.82, 2.24) is 9.97 Å². The Labute approximate surface area is 98.2 Å². The van der Waals surface area contributed by atoms with E-state index in [1.165, 1.54) is 12.1 Å². The molecule has 0 saturated heterocycles. The molecule has 0 spiro atoms. The van der Waals surface area contributed by atoms with Crippen LogP contribution in [0.5, 0.6) is 0 Å². The molecule has 17 heavy (non-hydrogen) atoms. The van der Waals surface area contributed by atoms with Crippen LogP contribution in [0.25, 0.3) is 11.0 Å². The molecular weight excluding hydrogens is 220 g/mol. The highest BCUT2D eigenvalue weighted by Crippen LogP contribution is 2.20. The van der Waals surface area contributed by atoms with Crippen LogP contribution >= 0.6 is 0 Å². The standard InChI is InChI=1S/C11H14N4O2/c1-3-7(2)12-11-13-9-5-4-8(15(16)17)6-10(9)14-11/h4-7H,3H2,1-2H3,(H2,12,13,14). The summed E-state index contributed by atoms with van der Waals surface area (Å²) in [5.74, 6) is 0.648. The van der Waals surface area contributed by atoms with E-state index in [9.17, 15) is 10.1 Å². The van der Waals surface area contributed by atoms with E-state index in [0.717, 1.165) is 11.9 Å². The lowest BCUT2D eigenvalue weighted by Crippen LogP contribution is -2.14. The van der Waals surface area contributed by atoms with Gasteiger partial charge in [-0.2, -0.15) is 0 Å². The number of hydrogen-bond donors (Lipinski definition) is 2. The number of nitro groups is 1. The highest BCUT2D eigenvalue weighted by molar-refractivity contribution is 5.79. The molecule has 0 aliphatic carbocycles. The first kappa shape index (κ1) is 11.4. The molecule has 1 aromatic carbocycles. The fraction of sp³-hybridized carbons (Fsp3) is 0.364. The number of fused-ring (bicyclic) bond motifs is 1. The molecule has 1 heterocycles. The molecule has 0 saturated carbocycles. The third kappa shape index (κ3) is 2.35. The van der Waals surface area contributed by atoms with E-state index in [2.05, 4.69) is 29.1 Å². The van der Waals surface area contributed by atoms with Gasteiger partial charge in [0.2, 0.25) is 5.95 Å². The van der Waals surface area contributed by atoms with Gasteiger partial charge in [0, 0.05) is 18.2 Å². The number of imidazole rings is 1. The van der Waals surface area contributed by atoms with Gasteiger partial charge in [0.1, 0.15) is 0 Å². The van der Waals surface area contributed by atoms with Crippen molar-refractivity contribution < 1.29 is 4.92 Å². The van der Waals surface area contributed by atoms with E-state index in [-0.39, 0.29) is 5.69 Å². The molecule has 90 valence electrons. The average molecular weight is 234 g/mol. The lowest BCUT2D eigenvalue weighted by molar-refractivity contribution is -0.384. The smallest absolute Gasteiger partial charge is 0.271 e. The van der Waals surface area contributed by atoms with Gasteiger partial charge in [-0.15, -0.1) is 0 Å². The maximum absolute atomic E-state index is 10.6. The highest BCUT2D eigenvalue weighted by Gasteiger charge is 2.10. The number of aromatic nitrogens is 2. The third-order valence-electron chi connectivity index (χ3n) is 2.67. The number of nitrogens with zero attached hydrogens (tertiary/aromatic N) is 2. The summed E-state index contributed by atoms with van der Waals surface area (Å²) in [6.45, 7) is 4.13. The first-order chi connectivity index (χ1) is 8.10. The molecule has 6 nitrogen and oxygen atoms in total. The number of nitrogens with one attached hydrogen (secondary N) is 2. The van der Waals surface area contributed by atoms with Crippen molar-refractivity contribution in [1.29, 1.82) is 0 Å². The Morgan fingerprint density at radius 2 is 2.35 bits per heavy atom. The summed E-state index contributed by atoms with van der Waals surface area (Å²) in [5.41, 5.74) is 1.46. The minimum atomic E-state index is -0.415. The Bertz CT molecular complexity index is 549. The van der Waals surface area contributed by atoms with Crippen LogP contribution in [-0.2, 0) is 0 Å². The number of H-pyrrole nitrogens is 1. The van der Waals surface area contributed by atoms with Crippen molar-refractivity contribution in [3.05, 3.63) is 28.3 Å². The quantitative estimate of drug-likeness (QED) is 0.629. The number of non-ortho nitro benzene ring substituents is 1. The Morgan fingerprint density at radius 1 is 1.59 bits per heavy atom. The molecule has 0 radical (unpaired) electrons. The van der Waals surface area contributed by atoms with Crippen molar-refractivity contribution in [2.75, 3.05) is 5.32 Å². The monoisotopic (exact) mass is 234 g/mol. The lowest BCUT2D eigenvalue weighted by Gasteiger charge is -2.08. The molecule has 2 N–H and O–H groups in total. The van der Waals surface area contributed by atoms with Gasteiger partial charge in [-0.25, -0.2) is 4.98 Å². The summed E-state index contributed by atoms with van der Waals surface area (Å²) in [6, 6.07) is 4.90. The third-order valence-corrected chi connectivity index (χ3v) is 2.67. The fourth-order valence-corrected chi connectivity index (χ4v) is 1.51. The largest absolute Gasteiger partial charge is 0.353 e. The number of nitro benzene ring substituents is 1. The van der Waals surface area contributed by atoms with E-state index < -0.39 is 4.92 Å². The van der Waals surface area contributed by atoms with Crippen molar-refractivity contribution >= 4 is 22.7 Å². The first-order valence-corrected chi connectivity index (χ1v) is 5.51. The van der Waals surface area contributed by atoms with Crippen LogP contribution in [-0.4, -0.2) is 20.9 Å². The highest BCUT2D eigenvalue weighted by atomic mass is 16.6. The second kappa shape index (κ2) is 4.40. The molecular formula is C11H14N4O2. The van der Waals surface area contributed by atoms with Crippen LogP contribution < -0.4 is 5.32 Å². The van der Waals surface area contributed by atoms with Crippen LogP contribution in [0.15, 0.2) is 18.2 Å². The van der Waals surface area contributed by atoms with E-state index >= 15 is 0 Å². The zero-order valence-electron chi connectivity index (χ0n) is 9.73. The molecule has 6 heteroatoms. The number of hydrogen-bond acceptors (Lipinski definition) is 4. The molecule has 0 aliphatic rings. The summed E-state index contributed by atoms with van der Waals surface area (Å²) in [7, 11) is 0. The second-order valence-corrected chi connectivity index (χ2v) is 4.00. The molecule has 0 bridgehead atoms. The van der Waals surface area contributed by atoms with Gasteiger partial charge in [0.05, 0.1) is 16.0 Å². The number of rotatable bonds is 4. The van der Waals surface area contributed by atoms with Crippen LogP contribution in [0.3, 0.4) is 0 Å². The van der Waals surface area contributed by atoms with Gasteiger partial charge in [-0.3, -0.25) is 10.1 Å². The topological polar surface area (TPSA) is 83.8 Å². The van der Waals surface area contributed by atoms with E-state index in [0.29, 0.717) is 17.5 Å². The lowest BCUT2D eigenvalue weighted by atomic mass is 10.3. The van der Waals surface area contributed by atoms with E-state index in [4.69, 9.17) is 0 Å². The Morgan fingerprint density at radius 3 is 3.00 bits per heavy atom. The number of anilines is 1. The van der Waals surface area contributed by atoms with Gasteiger partial charge in [0.15, 0.2) is 0 Å². The first-order valence-electron chi connectivity index (χ1n) is 5.51. The predicted molar refractivity (Wildman–Crippen MR) is 66.1 cm³/mol. The average Bonchev–Trinajstić information content (AvgIpc) is 2.69. The van der Waals surface area contributed by atoms with Gasteiger partial charge in [0.25, 0.3) is 5.69 Å².